The molecule has 0 amide bonds. The van der Waals surface area contributed by atoms with Crippen molar-refractivity contribution in [1.29, 1.82) is 0 Å². The van der Waals surface area contributed by atoms with Crippen LogP contribution in [0.3, 0.4) is 0 Å². The Hall–Kier alpha value is -4.07. The summed E-state index contributed by atoms with van der Waals surface area (Å²) < 4.78 is 33.9. The van der Waals surface area contributed by atoms with Crippen LogP contribution in [0.15, 0.2) is 102 Å². The van der Waals surface area contributed by atoms with Gasteiger partial charge in [-0.2, -0.15) is 0 Å². The summed E-state index contributed by atoms with van der Waals surface area (Å²) in [6.07, 6.45) is 0. The van der Waals surface area contributed by atoms with Gasteiger partial charge in [-0.05, 0) is 73.0 Å². The number of H-pyrrole nitrogens is 1. The molecule has 0 aliphatic carbocycles. The van der Waals surface area contributed by atoms with E-state index in [1.54, 1.807) is 31.4 Å². The lowest BCUT2D eigenvalue weighted by molar-refractivity contribution is 0.389. The molecule has 4 aromatic carbocycles. The Labute approximate surface area is 229 Å². The minimum Gasteiger partial charge on any atom is -0.497 e. The van der Waals surface area contributed by atoms with Crippen molar-refractivity contribution in [2.45, 2.75) is 30.2 Å². The van der Waals surface area contributed by atoms with Gasteiger partial charge < -0.3 is 15.0 Å². The van der Waals surface area contributed by atoms with Gasteiger partial charge in [0.25, 0.3) is 10.0 Å². The van der Waals surface area contributed by atoms with Crippen molar-refractivity contribution in [3.8, 4) is 5.75 Å². The number of aromatic nitrogens is 1. The fraction of sp³-hybridized carbons (Fsp3) is 0.188. The number of nitrogens with one attached hydrogen (secondary N) is 3. The second kappa shape index (κ2) is 9.59. The maximum Gasteiger partial charge on any atom is 0.261 e. The lowest BCUT2D eigenvalue weighted by Gasteiger charge is -2.39. The fourth-order valence-electron chi connectivity index (χ4n) is 5.59. The van der Waals surface area contributed by atoms with Gasteiger partial charge in [-0.25, -0.2) is 8.42 Å². The first-order chi connectivity index (χ1) is 18.8. The Kier molecular flexibility index (Phi) is 6.20. The summed E-state index contributed by atoms with van der Waals surface area (Å²) in [5.74, 6) is 1.00. The lowest BCUT2D eigenvalue weighted by Crippen LogP contribution is -2.47. The van der Waals surface area contributed by atoms with Crippen molar-refractivity contribution in [2.24, 2.45) is 0 Å². The highest BCUT2D eigenvalue weighted by molar-refractivity contribution is 7.92. The molecule has 2 heterocycles. The van der Waals surface area contributed by atoms with Crippen molar-refractivity contribution >= 4 is 26.6 Å². The van der Waals surface area contributed by atoms with Crippen LogP contribution in [0.5, 0.6) is 5.75 Å². The minimum atomic E-state index is -3.67. The molecule has 3 N–H and O–H groups in total. The van der Waals surface area contributed by atoms with Gasteiger partial charge in [0.05, 0.1) is 17.5 Å². The molecule has 0 bridgehead atoms. The Morgan fingerprint density at radius 1 is 0.897 bits per heavy atom. The third-order valence-corrected chi connectivity index (χ3v) is 9.22. The molecule has 1 aliphatic heterocycles. The van der Waals surface area contributed by atoms with Gasteiger partial charge in [0.1, 0.15) is 5.75 Å². The molecule has 5 aromatic rings. The number of hydrogen-bond acceptors (Lipinski definition) is 4. The largest absolute Gasteiger partial charge is 0.497 e. The zero-order valence-electron chi connectivity index (χ0n) is 22.2. The van der Waals surface area contributed by atoms with Crippen molar-refractivity contribution in [1.82, 2.24) is 10.3 Å². The number of aryl methyl sites for hydroxylation is 1. The first kappa shape index (κ1) is 25.2. The number of para-hydroxylation sites is 1. The monoisotopic (exact) mass is 537 g/mol. The predicted molar refractivity (Wildman–Crippen MR) is 156 cm³/mol. The normalized spacial score (nSPS) is 19.0. The van der Waals surface area contributed by atoms with Crippen molar-refractivity contribution in [2.75, 3.05) is 18.4 Å². The highest BCUT2D eigenvalue weighted by Crippen LogP contribution is 2.44. The number of fused-ring (bicyclic) bond motifs is 3. The quantitative estimate of drug-likeness (QED) is 0.238. The number of aromatic amines is 1. The molecular weight excluding hydrogens is 506 g/mol. The SMILES string of the molecule is COc1ccc([C@H]2CN[C@](C)(c3ccc(NS(=O)(=O)c4ccc(C)cc4)cc3)c3[nH]c4ccccc4c32)cc1. The molecule has 0 unspecified atom stereocenters. The van der Waals surface area contributed by atoms with Crippen LogP contribution in [0.25, 0.3) is 10.9 Å². The molecule has 2 atom stereocenters. The van der Waals surface area contributed by atoms with Gasteiger partial charge >= 0.3 is 0 Å². The van der Waals surface area contributed by atoms with E-state index in [0.29, 0.717) is 5.69 Å². The molecule has 1 aromatic heterocycles. The molecule has 0 fully saturated rings. The summed E-state index contributed by atoms with van der Waals surface area (Å²) in [5.41, 5.74) is 6.79. The van der Waals surface area contributed by atoms with E-state index < -0.39 is 15.6 Å². The van der Waals surface area contributed by atoms with Crippen LogP contribution in [-0.2, 0) is 15.6 Å². The second-order valence-electron chi connectivity index (χ2n) is 10.3. The molecule has 6 nitrogen and oxygen atoms in total. The van der Waals surface area contributed by atoms with Crippen molar-refractivity contribution < 1.29 is 13.2 Å². The third kappa shape index (κ3) is 4.47. The van der Waals surface area contributed by atoms with Gasteiger partial charge in [0.2, 0.25) is 0 Å². The lowest BCUT2D eigenvalue weighted by atomic mass is 9.76. The molecule has 0 saturated heterocycles. The third-order valence-electron chi connectivity index (χ3n) is 7.82. The number of methoxy groups -OCH3 is 1. The average Bonchev–Trinajstić information content (AvgIpc) is 3.35. The van der Waals surface area contributed by atoms with Gasteiger partial charge in [-0.1, -0.05) is 60.2 Å². The molecule has 1 aliphatic rings. The van der Waals surface area contributed by atoms with Crippen molar-refractivity contribution in [3.63, 3.8) is 0 Å². The molecule has 0 spiro atoms. The maximum absolute atomic E-state index is 12.9. The van der Waals surface area contributed by atoms with Crippen LogP contribution < -0.4 is 14.8 Å². The number of sulfonamides is 1. The molecule has 0 saturated carbocycles. The van der Waals surface area contributed by atoms with Crippen LogP contribution in [0.1, 0.15) is 40.8 Å². The molecule has 6 rings (SSSR count). The standard InChI is InChI=1S/C32H31N3O3S/c1-21-8-18-26(19-9-21)39(36,37)35-24-14-12-23(13-15-24)32(2)31-30(27-6-4-5-7-29(27)34-31)28(20-33-32)22-10-16-25(38-3)17-11-22/h4-19,28,33-35H,20H2,1-3H3/t28-,32-/m1/s1. The summed E-state index contributed by atoms with van der Waals surface area (Å²) in [6.45, 7) is 4.86. The Morgan fingerprint density at radius 3 is 2.28 bits per heavy atom. The van der Waals surface area contributed by atoms with Gasteiger partial charge in [0, 0.05) is 34.7 Å². The highest BCUT2D eigenvalue weighted by atomic mass is 32.2. The van der Waals surface area contributed by atoms with E-state index in [2.05, 4.69) is 52.3 Å². The molecule has 0 radical (unpaired) electrons. The van der Waals surface area contributed by atoms with Gasteiger partial charge in [-0.3, -0.25) is 4.72 Å². The van der Waals surface area contributed by atoms with E-state index in [4.69, 9.17) is 4.74 Å². The topological polar surface area (TPSA) is 83.2 Å². The van der Waals surface area contributed by atoms with E-state index in [-0.39, 0.29) is 10.8 Å². The van der Waals surface area contributed by atoms with Crippen molar-refractivity contribution in [3.05, 3.63) is 125 Å². The number of anilines is 1. The summed E-state index contributed by atoms with van der Waals surface area (Å²) >= 11 is 0. The summed E-state index contributed by atoms with van der Waals surface area (Å²) in [7, 11) is -1.99. The first-order valence-electron chi connectivity index (χ1n) is 13.0. The van der Waals surface area contributed by atoms with E-state index in [1.807, 2.05) is 49.4 Å². The van der Waals surface area contributed by atoms with Crippen LogP contribution >= 0.6 is 0 Å². The number of rotatable bonds is 6. The van der Waals surface area contributed by atoms with Crippen LogP contribution in [0, 0.1) is 6.92 Å². The van der Waals surface area contributed by atoms with Crippen LogP contribution in [-0.4, -0.2) is 27.1 Å². The second-order valence-corrected chi connectivity index (χ2v) is 12.0. The zero-order chi connectivity index (χ0) is 27.2. The Morgan fingerprint density at radius 2 is 1.59 bits per heavy atom. The van der Waals surface area contributed by atoms with E-state index in [9.17, 15) is 8.42 Å². The minimum absolute atomic E-state index is 0.163. The Bertz CT molecular complexity index is 1740. The summed E-state index contributed by atoms with van der Waals surface area (Å²) in [5, 5.41) is 5.02. The van der Waals surface area contributed by atoms with Crippen LogP contribution in [0.4, 0.5) is 5.69 Å². The van der Waals surface area contributed by atoms with E-state index >= 15 is 0 Å². The highest BCUT2D eigenvalue weighted by Gasteiger charge is 2.40. The molecular formula is C32H31N3O3S. The number of hydrogen-bond donors (Lipinski definition) is 3. The molecule has 7 heteroatoms. The number of benzene rings is 4. The zero-order valence-corrected chi connectivity index (χ0v) is 23.0. The average molecular weight is 538 g/mol. The van der Waals surface area contributed by atoms with Gasteiger partial charge in [0.15, 0.2) is 0 Å². The Balaban J connectivity index is 1.36. The van der Waals surface area contributed by atoms with E-state index in [0.717, 1.165) is 34.6 Å². The summed E-state index contributed by atoms with van der Waals surface area (Å²) in [4.78, 5) is 3.95. The molecule has 39 heavy (non-hydrogen) atoms. The molecule has 198 valence electrons. The maximum atomic E-state index is 12.9. The van der Waals surface area contributed by atoms with E-state index in [1.165, 1.54) is 16.5 Å². The van der Waals surface area contributed by atoms with Gasteiger partial charge in [-0.15, -0.1) is 0 Å². The summed E-state index contributed by atoms with van der Waals surface area (Å²) in [6, 6.07) is 31.2. The number of ether oxygens (including phenoxy) is 1. The first-order valence-corrected chi connectivity index (χ1v) is 14.5. The predicted octanol–water partition coefficient (Wildman–Crippen LogP) is 6.28. The fourth-order valence-corrected chi connectivity index (χ4v) is 6.65. The van der Waals surface area contributed by atoms with Crippen LogP contribution in [0.2, 0.25) is 0 Å². The smallest absolute Gasteiger partial charge is 0.261 e.